The highest BCUT2D eigenvalue weighted by atomic mass is 35.5. The Morgan fingerprint density at radius 3 is 2.41 bits per heavy atom. The molecule has 0 bridgehead atoms. The molecule has 5 heteroatoms. The summed E-state index contributed by atoms with van der Waals surface area (Å²) in [5.74, 6) is 0.552. The van der Waals surface area contributed by atoms with Crippen molar-refractivity contribution in [3.05, 3.63) is 88.4 Å². The molecule has 0 radical (unpaired) electrons. The van der Waals surface area contributed by atoms with Crippen LogP contribution in [0.3, 0.4) is 0 Å². The third-order valence-corrected chi connectivity index (χ3v) is 4.31. The molecule has 3 rings (SSSR count). The highest BCUT2D eigenvalue weighted by molar-refractivity contribution is 6.32. The number of benzene rings is 3. The Hall–Kier alpha value is -2.98. The van der Waals surface area contributed by atoms with E-state index in [1.165, 1.54) is 7.11 Å². The summed E-state index contributed by atoms with van der Waals surface area (Å²) in [6, 6.07) is 20.5. The summed E-state index contributed by atoms with van der Waals surface area (Å²) in [5, 5.41) is 3.17. The molecule has 27 heavy (non-hydrogen) atoms. The van der Waals surface area contributed by atoms with Gasteiger partial charge in [-0.05, 0) is 36.8 Å². The van der Waals surface area contributed by atoms with Crippen molar-refractivity contribution >= 4 is 23.2 Å². The van der Waals surface area contributed by atoms with Gasteiger partial charge in [0.05, 0.1) is 12.1 Å². The molecule has 3 aromatic rings. The summed E-state index contributed by atoms with van der Waals surface area (Å²) in [4.78, 5) is 12.5. The van der Waals surface area contributed by atoms with Crippen molar-refractivity contribution in [2.45, 2.75) is 13.5 Å². The summed E-state index contributed by atoms with van der Waals surface area (Å²) in [6.07, 6.45) is 0. The van der Waals surface area contributed by atoms with Crippen LogP contribution in [0.4, 0.5) is 5.69 Å². The predicted molar refractivity (Wildman–Crippen MR) is 108 cm³/mol. The van der Waals surface area contributed by atoms with Gasteiger partial charge in [0, 0.05) is 11.3 Å². The molecular weight excluding hydrogens is 362 g/mol. The van der Waals surface area contributed by atoms with Crippen LogP contribution in [0.15, 0.2) is 66.7 Å². The number of amides is 1. The molecule has 0 heterocycles. The van der Waals surface area contributed by atoms with E-state index in [0.29, 0.717) is 34.4 Å². The van der Waals surface area contributed by atoms with E-state index >= 15 is 0 Å². The normalized spacial score (nSPS) is 10.3. The van der Waals surface area contributed by atoms with Gasteiger partial charge in [-0.3, -0.25) is 4.79 Å². The minimum absolute atomic E-state index is 0.270. The maximum absolute atomic E-state index is 12.5. The number of halogens is 1. The zero-order valence-corrected chi connectivity index (χ0v) is 15.9. The summed E-state index contributed by atoms with van der Waals surface area (Å²) in [7, 11) is 1.52. The number of carbonyl (C=O) groups excluding carboxylic acids is 1. The summed E-state index contributed by atoms with van der Waals surface area (Å²) < 4.78 is 11.2. The van der Waals surface area contributed by atoms with Gasteiger partial charge in [0.1, 0.15) is 6.61 Å². The number of carbonyl (C=O) groups is 1. The first kappa shape index (κ1) is 18.8. The molecule has 1 N–H and O–H groups in total. The third-order valence-electron chi connectivity index (χ3n) is 4.03. The van der Waals surface area contributed by atoms with Gasteiger partial charge in [0.2, 0.25) is 0 Å². The number of anilines is 1. The Labute approximate surface area is 163 Å². The van der Waals surface area contributed by atoms with Crippen LogP contribution in [0.25, 0.3) is 0 Å². The standard InChI is InChI=1S/C22H20ClNO3/c1-15-8-10-18(11-9-15)24-22(25)17-12-19(23)21(20(13-17)26-2)27-14-16-6-4-3-5-7-16/h3-13H,14H2,1-2H3,(H,24,25). The van der Waals surface area contributed by atoms with E-state index in [-0.39, 0.29) is 5.91 Å². The lowest BCUT2D eigenvalue weighted by molar-refractivity contribution is 0.102. The fourth-order valence-corrected chi connectivity index (χ4v) is 2.83. The van der Waals surface area contributed by atoms with Crippen molar-refractivity contribution in [2.24, 2.45) is 0 Å². The lowest BCUT2D eigenvalue weighted by atomic mass is 10.1. The zero-order chi connectivity index (χ0) is 19.2. The van der Waals surface area contributed by atoms with Crippen LogP contribution in [0.1, 0.15) is 21.5 Å². The second-order valence-electron chi connectivity index (χ2n) is 6.08. The molecule has 0 fully saturated rings. The minimum atomic E-state index is -0.270. The van der Waals surface area contributed by atoms with Crippen LogP contribution in [-0.2, 0) is 6.61 Å². The van der Waals surface area contributed by atoms with Crippen molar-refractivity contribution in [1.82, 2.24) is 0 Å². The third kappa shape index (κ3) is 4.80. The molecule has 0 saturated heterocycles. The first-order chi connectivity index (χ1) is 13.1. The predicted octanol–water partition coefficient (Wildman–Crippen LogP) is 5.49. The van der Waals surface area contributed by atoms with Crippen LogP contribution in [0.2, 0.25) is 5.02 Å². The van der Waals surface area contributed by atoms with Crippen molar-refractivity contribution in [1.29, 1.82) is 0 Å². The van der Waals surface area contributed by atoms with E-state index < -0.39 is 0 Å². The molecule has 0 aliphatic rings. The quantitative estimate of drug-likeness (QED) is 0.614. The Morgan fingerprint density at radius 1 is 1.04 bits per heavy atom. The summed E-state index contributed by atoms with van der Waals surface area (Å²) in [6.45, 7) is 2.34. The van der Waals surface area contributed by atoms with Gasteiger partial charge < -0.3 is 14.8 Å². The molecule has 0 unspecified atom stereocenters. The zero-order valence-electron chi connectivity index (χ0n) is 15.2. The Morgan fingerprint density at radius 2 is 1.74 bits per heavy atom. The van der Waals surface area contributed by atoms with Crippen LogP contribution >= 0.6 is 11.6 Å². The van der Waals surface area contributed by atoms with E-state index in [1.54, 1.807) is 12.1 Å². The van der Waals surface area contributed by atoms with Gasteiger partial charge in [-0.2, -0.15) is 0 Å². The number of methoxy groups -OCH3 is 1. The topological polar surface area (TPSA) is 47.6 Å². The largest absolute Gasteiger partial charge is 0.493 e. The molecular formula is C22H20ClNO3. The SMILES string of the molecule is COc1cc(C(=O)Nc2ccc(C)cc2)cc(Cl)c1OCc1ccccc1. The first-order valence-electron chi connectivity index (χ1n) is 8.49. The number of hydrogen-bond acceptors (Lipinski definition) is 3. The van der Waals surface area contributed by atoms with Crippen molar-refractivity contribution in [3.8, 4) is 11.5 Å². The Kier molecular flexibility index (Phi) is 5.99. The number of aryl methyl sites for hydroxylation is 1. The fraction of sp³-hybridized carbons (Fsp3) is 0.136. The lowest BCUT2D eigenvalue weighted by Gasteiger charge is -2.14. The Balaban J connectivity index is 1.78. The van der Waals surface area contributed by atoms with Gasteiger partial charge >= 0.3 is 0 Å². The average molecular weight is 382 g/mol. The van der Waals surface area contributed by atoms with Gasteiger partial charge in [-0.15, -0.1) is 0 Å². The number of ether oxygens (including phenoxy) is 2. The van der Waals surface area contributed by atoms with Crippen LogP contribution in [-0.4, -0.2) is 13.0 Å². The van der Waals surface area contributed by atoms with Crippen molar-refractivity contribution < 1.29 is 14.3 Å². The molecule has 0 aromatic heterocycles. The highest BCUT2D eigenvalue weighted by Gasteiger charge is 2.16. The maximum atomic E-state index is 12.5. The van der Waals surface area contributed by atoms with E-state index in [0.717, 1.165) is 11.1 Å². The number of hydrogen-bond donors (Lipinski definition) is 1. The van der Waals surface area contributed by atoms with Crippen LogP contribution < -0.4 is 14.8 Å². The van der Waals surface area contributed by atoms with Gasteiger partial charge in [0.25, 0.3) is 5.91 Å². The molecule has 1 amide bonds. The lowest BCUT2D eigenvalue weighted by Crippen LogP contribution is -2.12. The van der Waals surface area contributed by atoms with Gasteiger partial charge in [0.15, 0.2) is 11.5 Å². The summed E-state index contributed by atoms with van der Waals surface area (Å²) in [5.41, 5.74) is 3.24. The number of rotatable bonds is 6. The second kappa shape index (κ2) is 8.60. The van der Waals surface area contributed by atoms with Crippen molar-refractivity contribution in [2.75, 3.05) is 12.4 Å². The van der Waals surface area contributed by atoms with Crippen LogP contribution in [0, 0.1) is 6.92 Å². The molecule has 4 nitrogen and oxygen atoms in total. The smallest absolute Gasteiger partial charge is 0.255 e. The van der Waals surface area contributed by atoms with E-state index in [1.807, 2.05) is 61.5 Å². The molecule has 0 saturated carbocycles. The molecule has 0 aliphatic carbocycles. The number of nitrogens with one attached hydrogen (secondary N) is 1. The molecule has 3 aromatic carbocycles. The van der Waals surface area contributed by atoms with Crippen molar-refractivity contribution in [3.63, 3.8) is 0 Å². The van der Waals surface area contributed by atoms with E-state index in [2.05, 4.69) is 5.32 Å². The summed E-state index contributed by atoms with van der Waals surface area (Å²) >= 11 is 6.36. The van der Waals surface area contributed by atoms with E-state index in [4.69, 9.17) is 21.1 Å². The van der Waals surface area contributed by atoms with Crippen LogP contribution in [0.5, 0.6) is 11.5 Å². The van der Waals surface area contributed by atoms with Gasteiger partial charge in [-0.1, -0.05) is 59.6 Å². The maximum Gasteiger partial charge on any atom is 0.255 e. The van der Waals surface area contributed by atoms with E-state index in [9.17, 15) is 4.79 Å². The average Bonchev–Trinajstić information content (AvgIpc) is 2.69. The molecule has 0 aliphatic heterocycles. The second-order valence-corrected chi connectivity index (χ2v) is 6.49. The minimum Gasteiger partial charge on any atom is -0.493 e. The Bertz CT molecular complexity index is 924. The molecule has 0 spiro atoms. The van der Waals surface area contributed by atoms with Gasteiger partial charge in [-0.25, -0.2) is 0 Å². The highest BCUT2D eigenvalue weighted by Crippen LogP contribution is 2.37. The first-order valence-corrected chi connectivity index (χ1v) is 8.87. The monoisotopic (exact) mass is 381 g/mol. The molecule has 138 valence electrons. The fourth-order valence-electron chi connectivity index (χ4n) is 2.56. The molecule has 0 atom stereocenters.